The third-order valence-electron chi connectivity index (χ3n) is 1.37. The van der Waals surface area contributed by atoms with Crippen LogP contribution in [0.3, 0.4) is 0 Å². The molecule has 0 aliphatic rings. The molecule has 0 atom stereocenters. The van der Waals surface area contributed by atoms with Crippen LogP contribution in [-0.4, -0.2) is 42.1 Å². The first-order chi connectivity index (χ1) is 4.57. The van der Waals surface area contributed by atoms with Gasteiger partial charge in [0.15, 0.2) is 0 Å². The minimum atomic E-state index is 0.230. The Kier molecular flexibility index (Phi) is 4.85. The van der Waals surface area contributed by atoms with Gasteiger partial charge < -0.3 is 0 Å². The van der Waals surface area contributed by atoms with E-state index in [9.17, 15) is 4.79 Å². The average Bonchev–Trinajstić information content (AvgIpc) is 1.85. The van der Waals surface area contributed by atoms with Gasteiger partial charge in [0.25, 0.3) is 0 Å². The molecule has 0 aliphatic heterocycles. The summed E-state index contributed by atoms with van der Waals surface area (Å²) in [5, 5.41) is 0.614. The quantitative estimate of drug-likeness (QED) is 0.521. The molecule has 0 aromatic heterocycles. The van der Waals surface area contributed by atoms with Crippen molar-refractivity contribution >= 4 is 23.6 Å². The van der Waals surface area contributed by atoms with Crippen molar-refractivity contribution in [3.05, 3.63) is 0 Å². The fraction of sp³-hybridized carbons (Fsp3) is 0.857. The van der Waals surface area contributed by atoms with Crippen LogP contribution in [0.4, 0.5) is 0 Å². The third-order valence-corrected chi connectivity index (χ3v) is 1.37. The Balaban J connectivity index is 3.61. The molecule has 3 heteroatoms. The van der Waals surface area contributed by atoms with E-state index in [1.165, 1.54) is 0 Å². The fourth-order valence-corrected chi connectivity index (χ4v) is 0.919. The van der Waals surface area contributed by atoms with Crippen molar-refractivity contribution in [2.24, 2.45) is 5.92 Å². The molecule has 0 spiro atoms. The van der Waals surface area contributed by atoms with Gasteiger partial charge in [-0.1, -0.05) is 0 Å². The van der Waals surface area contributed by atoms with Gasteiger partial charge in [-0.25, -0.2) is 0 Å². The molecule has 1 amide bonds. The maximum atomic E-state index is 11.0. The van der Waals surface area contributed by atoms with E-state index < -0.39 is 0 Å². The molecule has 0 unspecified atom stereocenters. The van der Waals surface area contributed by atoms with Crippen LogP contribution >= 0.6 is 0 Å². The summed E-state index contributed by atoms with van der Waals surface area (Å²) in [6, 6.07) is 0. The molecule has 0 fully saturated rings. The maximum absolute atomic E-state index is 11.0. The Labute approximate surface area is 72.2 Å². The Morgan fingerprint density at radius 3 is 2.40 bits per heavy atom. The summed E-state index contributed by atoms with van der Waals surface area (Å²) >= 11 is 1.89. The first-order valence-corrected chi connectivity index (χ1v) is 3.81. The number of nitrogens with zero attached hydrogens (tertiary/aromatic N) is 1. The Hall–Kier alpha value is 0.0674. The number of rotatable bonds is 3. The van der Waals surface area contributed by atoms with Crippen LogP contribution in [0.25, 0.3) is 0 Å². The predicted molar refractivity (Wildman–Crippen MR) is 43.0 cm³/mol. The molecule has 10 heavy (non-hydrogen) atoms. The Morgan fingerprint density at radius 1 is 1.60 bits per heavy atom. The van der Waals surface area contributed by atoms with Gasteiger partial charge in [-0.15, -0.1) is 0 Å². The molecule has 0 aliphatic carbocycles. The van der Waals surface area contributed by atoms with Gasteiger partial charge in [0.1, 0.15) is 0 Å². The Morgan fingerprint density at radius 2 is 2.10 bits per heavy atom. The van der Waals surface area contributed by atoms with E-state index in [4.69, 9.17) is 0 Å². The zero-order valence-corrected chi connectivity index (χ0v) is 7.35. The van der Waals surface area contributed by atoms with E-state index in [2.05, 4.69) is 13.8 Å². The summed E-state index contributed by atoms with van der Waals surface area (Å²) < 4.78 is 0. The molecule has 0 heterocycles. The molecular weight excluding hydrogens is 121 g/mol. The summed E-state index contributed by atoms with van der Waals surface area (Å²) in [6.45, 7) is 5.09. The fourth-order valence-electron chi connectivity index (χ4n) is 0.919. The number of carbonyl (C=O) groups is 1. The second-order valence-electron chi connectivity index (χ2n) is 3.02. The van der Waals surface area contributed by atoms with E-state index in [-0.39, 0.29) is 5.91 Å². The van der Waals surface area contributed by atoms with E-state index in [0.717, 1.165) is 6.54 Å². The van der Waals surface area contributed by atoms with Crippen molar-refractivity contribution < 1.29 is 4.79 Å². The molecule has 0 saturated carbocycles. The van der Waals surface area contributed by atoms with Gasteiger partial charge in [0, 0.05) is 0 Å². The molecular formula is C7H14LiNO. The monoisotopic (exact) mass is 135 g/mol. The molecule has 0 saturated heterocycles. The van der Waals surface area contributed by atoms with Gasteiger partial charge in [0.2, 0.25) is 0 Å². The molecule has 0 bridgehead atoms. The standard InChI is InChI=1S/C7H14NO.Li/c1-6(2)5-8(4)7(3)9;/h6H,3,5H2,1-2,4H3;. The second-order valence-corrected chi connectivity index (χ2v) is 3.02. The second kappa shape index (κ2) is 4.82. The summed E-state index contributed by atoms with van der Waals surface area (Å²) in [6.07, 6.45) is 0. The zero-order valence-electron chi connectivity index (χ0n) is 7.35. The number of carbonyl (C=O) groups excluding carboxylic acids is 1. The first kappa shape index (κ1) is 10.1. The normalized spacial score (nSPS) is 10.2. The van der Waals surface area contributed by atoms with Crippen molar-refractivity contribution in [2.75, 3.05) is 13.6 Å². The molecule has 54 valence electrons. The van der Waals surface area contributed by atoms with E-state index >= 15 is 0 Å². The van der Waals surface area contributed by atoms with Gasteiger partial charge >= 0.3 is 71.8 Å². The van der Waals surface area contributed by atoms with Crippen molar-refractivity contribution in [3.63, 3.8) is 0 Å². The van der Waals surface area contributed by atoms with Crippen LogP contribution in [0.15, 0.2) is 0 Å². The van der Waals surface area contributed by atoms with Crippen LogP contribution in [0, 0.1) is 5.92 Å². The number of amides is 1. The molecule has 0 radical (unpaired) electrons. The van der Waals surface area contributed by atoms with Gasteiger partial charge in [-0.05, 0) is 0 Å². The minimum absolute atomic E-state index is 0.230. The third kappa shape index (κ3) is 3.98. The van der Waals surface area contributed by atoms with Gasteiger partial charge in [-0.2, -0.15) is 0 Å². The molecule has 0 N–H and O–H groups in total. The van der Waals surface area contributed by atoms with Crippen molar-refractivity contribution in [1.29, 1.82) is 0 Å². The average molecular weight is 135 g/mol. The first-order valence-electron chi connectivity index (χ1n) is 3.81. The van der Waals surface area contributed by atoms with Crippen molar-refractivity contribution in [2.45, 2.75) is 18.9 Å². The molecule has 0 aromatic carbocycles. The predicted octanol–water partition coefficient (Wildman–Crippen LogP) is 0.688. The summed E-state index contributed by atoms with van der Waals surface area (Å²) in [4.78, 5) is 12.8. The van der Waals surface area contributed by atoms with E-state index in [0.29, 0.717) is 11.0 Å². The molecule has 2 nitrogen and oxygen atoms in total. The van der Waals surface area contributed by atoms with Gasteiger partial charge in [0.05, 0.1) is 0 Å². The summed E-state index contributed by atoms with van der Waals surface area (Å²) in [5.74, 6) is 0.800. The van der Waals surface area contributed by atoms with Crippen LogP contribution in [-0.2, 0) is 4.79 Å². The number of hydrogen-bond acceptors (Lipinski definition) is 1. The van der Waals surface area contributed by atoms with Crippen LogP contribution in [0.5, 0.6) is 0 Å². The topological polar surface area (TPSA) is 20.3 Å². The Bertz CT molecular complexity index is 114. The van der Waals surface area contributed by atoms with Crippen molar-refractivity contribution in [3.8, 4) is 0 Å². The van der Waals surface area contributed by atoms with Crippen LogP contribution < -0.4 is 0 Å². The van der Waals surface area contributed by atoms with E-state index in [1.54, 1.807) is 4.90 Å². The molecule has 0 aromatic rings. The molecule has 0 rings (SSSR count). The SMILES string of the molecule is [Li][CH2]C(=O)N(C)CC(C)C. The summed E-state index contributed by atoms with van der Waals surface area (Å²) in [7, 11) is 1.85. The summed E-state index contributed by atoms with van der Waals surface area (Å²) in [5.41, 5.74) is 0. The van der Waals surface area contributed by atoms with Gasteiger partial charge in [-0.3, -0.25) is 0 Å². The number of hydrogen-bond donors (Lipinski definition) is 0. The van der Waals surface area contributed by atoms with Crippen LogP contribution in [0.1, 0.15) is 13.8 Å². The zero-order chi connectivity index (χ0) is 8.15. The van der Waals surface area contributed by atoms with Crippen molar-refractivity contribution in [1.82, 2.24) is 4.90 Å². The van der Waals surface area contributed by atoms with E-state index in [1.807, 2.05) is 24.8 Å². The van der Waals surface area contributed by atoms with Crippen LogP contribution in [0.2, 0.25) is 5.09 Å².